The highest BCUT2D eigenvalue weighted by molar-refractivity contribution is 6.22. The molecule has 3 amide bonds. The molecular formula is C24H26N2O5. The first-order valence-corrected chi connectivity index (χ1v) is 10.3. The second-order valence-electron chi connectivity index (χ2n) is 7.95. The number of carbonyl (C=O) groups is 4. The first kappa shape index (κ1) is 22.2. The standard InChI is InChI=1S/C24H26N2O5/c1-15(2)14-25-21(27)16(3)31-24(30)20(13-17-9-5-4-6-10-17)26-22(28)18-11-7-8-12-19(18)23(26)29/h4-12,15-16,20H,13-14H2,1-3H3,(H,25,27)/t16-,20-/m0/s1. The quantitative estimate of drug-likeness (QED) is 0.521. The summed E-state index contributed by atoms with van der Waals surface area (Å²) in [5.74, 6) is -2.07. The number of nitrogens with one attached hydrogen (secondary N) is 1. The predicted molar refractivity (Wildman–Crippen MR) is 114 cm³/mol. The smallest absolute Gasteiger partial charge is 0.330 e. The van der Waals surface area contributed by atoms with Crippen LogP contribution in [0.5, 0.6) is 0 Å². The fourth-order valence-corrected chi connectivity index (χ4v) is 3.36. The van der Waals surface area contributed by atoms with E-state index in [1.165, 1.54) is 6.92 Å². The van der Waals surface area contributed by atoms with Crippen LogP contribution in [0.2, 0.25) is 0 Å². The Morgan fingerprint density at radius 2 is 1.45 bits per heavy atom. The van der Waals surface area contributed by atoms with Crippen LogP contribution in [0.4, 0.5) is 0 Å². The molecule has 7 heteroatoms. The van der Waals surface area contributed by atoms with Gasteiger partial charge in [0.1, 0.15) is 6.04 Å². The summed E-state index contributed by atoms with van der Waals surface area (Å²) in [5, 5.41) is 2.71. The average Bonchev–Trinajstić information content (AvgIpc) is 3.01. The molecule has 0 aliphatic carbocycles. The molecule has 2 aromatic carbocycles. The SMILES string of the molecule is CC(C)CNC(=O)[C@H](C)OC(=O)[C@H](Cc1ccccc1)N1C(=O)c2ccccc2C1=O. The van der Waals surface area contributed by atoms with Crippen molar-refractivity contribution < 1.29 is 23.9 Å². The van der Waals surface area contributed by atoms with Crippen molar-refractivity contribution in [1.29, 1.82) is 0 Å². The van der Waals surface area contributed by atoms with Crippen LogP contribution in [0, 0.1) is 5.92 Å². The highest BCUT2D eigenvalue weighted by Gasteiger charge is 2.43. The number of benzene rings is 2. The molecule has 7 nitrogen and oxygen atoms in total. The lowest BCUT2D eigenvalue weighted by Crippen LogP contribution is -2.49. The minimum atomic E-state index is -1.19. The maximum absolute atomic E-state index is 13.1. The van der Waals surface area contributed by atoms with Gasteiger partial charge in [0.05, 0.1) is 11.1 Å². The number of ether oxygens (including phenoxy) is 1. The van der Waals surface area contributed by atoms with E-state index in [-0.39, 0.29) is 23.5 Å². The highest BCUT2D eigenvalue weighted by atomic mass is 16.5. The Morgan fingerprint density at radius 3 is 2.00 bits per heavy atom. The molecule has 3 rings (SSSR count). The summed E-state index contributed by atoms with van der Waals surface area (Å²) < 4.78 is 5.39. The summed E-state index contributed by atoms with van der Waals surface area (Å²) in [5.41, 5.74) is 1.26. The minimum Gasteiger partial charge on any atom is -0.451 e. The Balaban J connectivity index is 1.84. The van der Waals surface area contributed by atoms with Gasteiger partial charge in [-0.2, -0.15) is 0 Å². The minimum absolute atomic E-state index is 0.0888. The molecule has 0 bridgehead atoms. The number of rotatable bonds is 8. The Labute approximate surface area is 181 Å². The van der Waals surface area contributed by atoms with E-state index < -0.39 is 35.8 Å². The van der Waals surface area contributed by atoms with Gasteiger partial charge in [-0.15, -0.1) is 0 Å². The lowest BCUT2D eigenvalue weighted by Gasteiger charge is -2.26. The van der Waals surface area contributed by atoms with Gasteiger partial charge in [0, 0.05) is 13.0 Å². The Hall–Kier alpha value is -3.48. The van der Waals surface area contributed by atoms with Crippen LogP contribution in [0.3, 0.4) is 0 Å². The van der Waals surface area contributed by atoms with Crippen molar-refractivity contribution in [3.05, 3.63) is 71.3 Å². The van der Waals surface area contributed by atoms with E-state index in [0.29, 0.717) is 6.54 Å². The van der Waals surface area contributed by atoms with Gasteiger partial charge in [-0.3, -0.25) is 19.3 Å². The molecule has 1 aliphatic rings. The van der Waals surface area contributed by atoms with Crippen LogP contribution >= 0.6 is 0 Å². The number of hydrogen-bond donors (Lipinski definition) is 1. The van der Waals surface area contributed by atoms with Crippen molar-refractivity contribution in [2.24, 2.45) is 5.92 Å². The molecule has 162 valence electrons. The summed E-state index contributed by atoms with van der Waals surface area (Å²) in [6.45, 7) is 5.83. The van der Waals surface area contributed by atoms with E-state index >= 15 is 0 Å². The zero-order chi connectivity index (χ0) is 22.5. The largest absolute Gasteiger partial charge is 0.451 e. The van der Waals surface area contributed by atoms with Crippen molar-refractivity contribution in [3.8, 4) is 0 Å². The van der Waals surface area contributed by atoms with Crippen LogP contribution < -0.4 is 5.32 Å². The summed E-state index contributed by atoms with van der Waals surface area (Å²) in [6.07, 6.45) is -0.967. The van der Waals surface area contributed by atoms with Crippen LogP contribution in [0.1, 0.15) is 47.1 Å². The lowest BCUT2D eigenvalue weighted by atomic mass is 10.0. The molecule has 0 aromatic heterocycles. The van der Waals surface area contributed by atoms with Crippen molar-refractivity contribution in [1.82, 2.24) is 10.2 Å². The highest BCUT2D eigenvalue weighted by Crippen LogP contribution is 2.26. The first-order valence-electron chi connectivity index (χ1n) is 10.3. The van der Waals surface area contributed by atoms with E-state index in [0.717, 1.165) is 10.5 Å². The molecule has 1 heterocycles. The van der Waals surface area contributed by atoms with Gasteiger partial charge in [0.25, 0.3) is 17.7 Å². The number of amides is 3. The third-order valence-corrected chi connectivity index (χ3v) is 5.03. The predicted octanol–water partition coefficient (Wildman–Crippen LogP) is 2.60. The fourth-order valence-electron chi connectivity index (χ4n) is 3.36. The van der Waals surface area contributed by atoms with E-state index in [4.69, 9.17) is 4.74 Å². The summed E-state index contributed by atoms with van der Waals surface area (Å²) >= 11 is 0. The van der Waals surface area contributed by atoms with E-state index in [9.17, 15) is 19.2 Å². The van der Waals surface area contributed by atoms with Gasteiger partial charge >= 0.3 is 5.97 Å². The zero-order valence-corrected chi connectivity index (χ0v) is 17.8. The fraction of sp³-hybridized carbons (Fsp3) is 0.333. The van der Waals surface area contributed by atoms with Gasteiger partial charge in [-0.25, -0.2) is 4.79 Å². The van der Waals surface area contributed by atoms with Crippen LogP contribution in [0.15, 0.2) is 54.6 Å². The molecule has 0 fully saturated rings. The topological polar surface area (TPSA) is 92.8 Å². The second-order valence-corrected chi connectivity index (χ2v) is 7.95. The number of hydrogen-bond acceptors (Lipinski definition) is 5. The molecular weight excluding hydrogens is 396 g/mol. The maximum Gasteiger partial charge on any atom is 0.330 e. The molecule has 1 N–H and O–H groups in total. The number of carbonyl (C=O) groups excluding carboxylic acids is 4. The van der Waals surface area contributed by atoms with Crippen LogP contribution in [-0.4, -0.2) is 47.3 Å². The maximum atomic E-state index is 13.1. The number of nitrogens with zero attached hydrogens (tertiary/aromatic N) is 1. The first-order chi connectivity index (χ1) is 14.8. The molecule has 1 aliphatic heterocycles. The van der Waals surface area contributed by atoms with E-state index in [2.05, 4.69) is 5.32 Å². The van der Waals surface area contributed by atoms with Gasteiger partial charge in [-0.05, 0) is 30.5 Å². The van der Waals surface area contributed by atoms with Gasteiger partial charge < -0.3 is 10.1 Å². The summed E-state index contributed by atoms with van der Waals surface area (Å²) in [6, 6.07) is 14.3. The zero-order valence-electron chi connectivity index (χ0n) is 17.8. The van der Waals surface area contributed by atoms with Crippen molar-refractivity contribution in [2.45, 2.75) is 39.3 Å². The number of imide groups is 1. The molecule has 0 spiro atoms. The van der Waals surface area contributed by atoms with Crippen molar-refractivity contribution in [2.75, 3.05) is 6.54 Å². The second kappa shape index (κ2) is 9.55. The summed E-state index contributed by atoms with van der Waals surface area (Å²) in [4.78, 5) is 52.2. The molecule has 2 atom stereocenters. The number of esters is 1. The van der Waals surface area contributed by atoms with Gasteiger partial charge in [0.15, 0.2) is 6.10 Å². The molecule has 31 heavy (non-hydrogen) atoms. The van der Waals surface area contributed by atoms with E-state index in [1.807, 2.05) is 32.0 Å². The van der Waals surface area contributed by atoms with Crippen LogP contribution in [-0.2, 0) is 20.7 Å². The van der Waals surface area contributed by atoms with Gasteiger partial charge in [0.2, 0.25) is 0 Å². The third-order valence-electron chi connectivity index (χ3n) is 5.03. The lowest BCUT2D eigenvalue weighted by molar-refractivity contribution is -0.158. The molecule has 0 saturated carbocycles. The normalized spacial score (nSPS) is 14.9. The van der Waals surface area contributed by atoms with Gasteiger partial charge in [-0.1, -0.05) is 56.3 Å². The number of fused-ring (bicyclic) bond motifs is 1. The van der Waals surface area contributed by atoms with Crippen molar-refractivity contribution in [3.63, 3.8) is 0 Å². The Bertz CT molecular complexity index is 951. The monoisotopic (exact) mass is 422 g/mol. The Kier molecular flexibility index (Phi) is 6.84. The van der Waals surface area contributed by atoms with Crippen molar-refractivity contribution >= 4 is 23.7 Å². The summed E-state index contributed by atoms with van der Waals surface area (Å²) in [7, 11) is 0. The average molecular weight is 422 g/mol. The van der Waals surface area contributed by atoms with E-state index in [1.54, 1.807) is 36.4 Å². The molecule has 0 unspecified atom stereocenters. The Morgan fingerprint density at radius 1 is 0.903 bits per heavy atom. The molecule has 2 aromatic rings. The third kappa shape index (κ3) is 4.99. The molecule has 0 saturated heterocycles. The molecule has 0 radical (unpaired) electrons. The van der Waals surface area contributed by atoms with Crippen LogP contribution in [0.25, 0.3) is 0 Å².